The predicted molar refractivity (Wildman–Crippen MR) is 100 cm³/mol. The number of carbonyl (C=O) groups excluding carboxylic acids is 2. The SMILES string of the molecule is CCCNC(=O)[C@H]1CCCN(C(=O)CSCc2cccc(Cl)c2)C1. The van der Waals surface area contributed by atoms with Crippen LogP contribution >= 0.6 is 23.4 Å². The van der Waals surface area contributed by atoms with Crippen molar-refractivity contribution in [2.45, 2.75) is 31.9 Å². The van der Waals surface area contributed by atoms with Crippen LogP contribution in [0.3, 0.4) is 0 Å². The number of nitrogens with one attached hydrogen (secondary N) is 1. The Labute approximate surface area is 153 Å². The highest BCUT2D eigenvalue weighted by molar-refractivity contribution is 7.99. The van der Waals surface area contributed by atoms with Crippen molar-refractivity contribution in [2.24, 2.45) is 5.92 Å². The van der Waals surface area contributed by atoms with Crippen LogP contribution < -0.4 is 5.32 Å². The molecule has 1 saturated heterocycles. The molecule has 0 aliphatic carbocycles. The van der Waals surface area contributed by atoms with E-state index in [4.69, 9.17) is 11.6 Å². The average molecular weight is 369 g/mol. The van der Waals surface area contributed by atoms with Gasteiger partial charge >= 0.3 is 0 Å². The zero-order chi connectivity index (χ0) is 17.4. The molecule has 0 bridgehead atoms. The van der Waals surface area contributed by atoms with Crippen LogP contribution in [0.5, 0.6) is 0 Å². The highest BCUT2D eigenvalue weighted by atomic mass is 35.5. The highest BCUT2D eigenvalue weighted by Crippen LogP contribution is 2.20. The third-order valence-corrected chi connectivity index (χ3v) is 5.30. The summed E-state index contributed by atoms with van der Waals surface area (Å²) < 4.78 is 0. The van der Waals surface area contributed by atoms with E-state index in [-0.39, 0.29) is 17.7 Å². The minimum atomic E-state index is -0.0628. The Morgan fingerprint density at radius 2 is 2.25 bits per heavy atom. The molecule has 0 unspecified atom stereocenters. The number of hydrogen-bond acceptors (Lipinski definition) is 3. The van der Waals surface area contributed by atoms with Crippen LogP contribution in [0.1, 0.15) is 31.7 Å². The summed E-state index contributed by atoms with van der Waals surface area (Å²) in [6, 6.07) is 7.70. The summed E-state index contributed by atoms with van der Waals surface area (Å²) in [5.74, 6) is 1.35. The Morgan fingerprint density at radius 3 is 3.00 bits per heavy atom. The van der Waals surface area contributed by atoms with Gasteiger partial charge in [-0.2, -0.15) is 0 Å². The second-order valence-electron chi connectivity index (χ2n) is 6.09. The molecule has 0 saturated carbocycles. The molecular formula is C18H25ClN2O2S. The zero-order valence-electron chi connectivity index (χ0n) is 14.1. The molecule has 1 aromatic rings. The Bertz CT molecular complexity index is 568. The first-order chi connectivity index (χ1) is 11.6. The monoisotopic (exact) mass is 368 g/mol. The summed E-state index contributed by atoms with van der Waals surface area (Å²) in [6.07, 6.45) is 2.70. The minimum Gasteiger partial charge on any atom is -0.356 e. The van der Waals surface area contributed by atoms with Crippen molar-refractivity contribution in [3.63, 3.8) is 0 Å². The Morgan fingerprint density at radius 1 is 1.42 bits per heavy atom. The fourth-order valence-corrected chi connectivity index (χ4v) is 3.87. The Hall–Kier alpha value is -1.20. The molecule has 1 heterocycles. The maximum Gasteiger partial charge on any atom is 0.232 e. The van der Waals surface area contributed by atoms with E-state index in [1.165, 1.54) is 0 Å². The van der Waals surface area contributed by atoms with E-state index in [1.807, 2.05) is 36.1 Å². The quantitative estimate of drug-likeness (QED) is 0.803. The van der Waals surface area contributed by atoms with Gasteiger partial charge in [0.05, 0.1) is 11.7 Å². The lowest BCUT2D eigenvalue weighted by atomic mass is 9.97. The van der Waals surface area contributed by atoms with Gasteiger partial charge in [0.15, 0.2) is 0 Å². The van der Waals surface area contributed by atoms with Gasteiger partial charge in [0.1, 0.15) is 0 Å². The highest BCUT2D eigenvalue weighted by Gasteiger charge is 2.27. The molecule has 24 heavy (non-hydrogen) atoms. The Kier molecular flexibility index (Phi) is 7.92. The molecule has 1 atom stereocenters. The molecule has 132 valence electrons. The third kappa shape index (κ3) is 6.02. The summed E-state index contributed by atoms with van der Waals surface area (Å²) in [7, 11) is 0. The summed E-state index contributed by atoms with van der Waals surface area (Å²) in [4.78, 5) is 26.3. The van der Waals surface area contributed by atoms with Crippen LogP contribution in [-0.4, -0.2) is 42.1 Å². The number of benzene rings is 1. The van der Waals surface area contributed by atoms with Crippen molar-refractivity contribution < 1.29 is 9.59 Å². The fourth-order valence-electron chi connectivity index (χ4n) is 2.78. The van der Waals surface area contributed by atoms with E-state index in [1.54, 1.807) is 11.8 Å². The third-order valence-electron chi connectivity index (χ3n) is 4.08. The van der Waals surface area contributed by atoms with Crippen molar-refractivity contribution in [1.29, 1.82) is 0 Å². The van der Waals surface area contributed by atoms with Gasteiger partial charge in [0, 0.05) is 30.4 Å². The van der Waals surface area contributed by atoms with E-state index in [0.717, 1.165) is 42.1 Å². The number of piperidine rings is 1. The number of carbonyl (C=O) groups is 2. The van der Waals surface area contributed by atoms with Gasteiger partial charge in [-0.05, 0) is 37.0 Å². The summed E-state index contributed by atoms with van der Waals surface area (Å²) in [5, 5.41) is 3.66. The molecule has 0 aromatic heterocycles. The number of thioether (sulfide) groups is 1. The number of halogens is 1. The standard InChI is InChI=1S/C18H25ClN2O2S/c1-2-8-20-18(23)15-6-4-9-21(11-15)17(22)13-24-12-14-5-3-7-16(19)10-14/h3,5,7,10,15H,2,4,6,8-9,11-13H2,1H3,(H,20,23)/t15-/m0/s1. The van der Waals surface area contributed by atoms with Gasteiger partial charge in [0.25, 0.3) is 0 Å². The van der Waals surface area contributed by atoms with E-state index in [0.29, 0.717) is 18.8 Å². The number of likely N-dealkylation sites (tertiary alicyclic amines) is 1. The molecule has 1 aromatic carbocycles. The topological polar surface area (TPSA) is 49.4 Å². The van der Waals surface area contributed by atoms with Crippen molar-refractivity contribution >= 4 is 35.2 Å². The second-order valence-corrected chi connectivity index (χ2v) is 7.51. The summed E-state index contributed by atoms with van der Waals surface area (Å²) in [5.41, 5.74) is 1.12. The van der Waals surface area contributed by atoms with Crippen LogP contribution in [0.4, 0.5) is 0 Å². The van der Waals surface area contributed by atoms with Crippen molar-refractivity contribution in [2.75, 3.05) is 25.4 Å². The molecule has 1 fully saturated rings. The van der Waals surface area contributed by atoms with Crippen LogP contribution in [0.2, 0.25) is 5.02 Å². The van der Waals surface area contributed by atoms with E-state index < -0.39 is 0 Å². The fraction of sp³-hybridized carbons (Fsp3) is 0.556. The van der Waals surface area contributed by atoms with Gasteiger partial charge in [-0.25, -0.2) is 0 Å². The maximum atomic E-state index is 12.4. The number of nitrogens with zero attached hydrogens (tertiary/aromatic N) is 1. The summed E-state index contributed by atoms with van der Waals surface area (Å²) in [6.45, 7) is 4.05. The van der Waals surface area contributed by atoms with Crippen molar-refractivity contribution in [3.05, 3.63) is 34.9 Å². The molecule has 1 aliphatic heterocycles. The maximum absolute atomic E-state index is 12.4. The van der Waals surface area contributed by atoms with Gasteiger partial charge in [-0.3, -0.25) is 9.59 Å². The first kappa shape index (κ1) is 19.1. The van der Waals surface area contributed by atoms with Gasteiger partial charge in [-0.1, -0.05) is 30.7 Å². The van der Waals surface area contributed by atoms with Gasteiger partial charge < -0.3 is 10.2 Å². The normalized spacial score (nSPS) is 17.6. The smallest absolute Gasteiger partial charge is 0.232 e. The molecule has 6 heteroatoms. The lowest BCUT2D eigenvalue weighted by molar-refractivity contribution is -0.133. The lowest BCUT2D eigenvalue weighted by Crippen LogP contribution is -2.46. The number of amides is 2. The zero-order valence-corrected chi connectivity index (χ0v) is 15.7. The van der Waals surface area contributed by atoms with Gasteiger partial charge in [0.2, 0.25) is 11.8 Å². The summed E-state index contributed by atoms with van der Waals surface area (Å²) >= 11 is 7.56. The first-order valence-electron chi connectivity index (χ1n) is 8.47. The lowest BCUT2D eigenvalue weighted by Gasteiger charge is -2.32. The van der Waals surface area contributed by atoms with Crippen LogP contribution in [0.25, 0.3) is 0 Å². The first-order valence-corrected chi connectivity index (χ1v) is 10.0. The van der Waals surface area contributed by atoms with Crippen LogP contribution in [0.15, 0.2) is 24.3 Å². The molecule has 0 radical (unpaired) electrons. The second kappa shape index (κ2) is 9.94. The number of hydrogen-bond donors (Lipinski definition) is 1. The van der Waals surface area contributed by atoms with Crippen LogP contribution in [0, 0.1) is 5.92 Å². The van der Waals surface area contributed by atoms with Crippen LogP contribution in [-0.2, 0) is 15.3 Å². The predicted octanol–water partition coefficient (Wildman–Crippen LogP) is 3.34. The Balaban J connectivity index is 1.76. The molecule has 4 nitrogen and oxygen atoms in total. The van der Waals surface area contributed by atoms with E-state index in [9.17, 15) is 9.59 Å². The van der Waals surface area contributed by atoms with Gasteiger partial charge in [-0.15, -0.1) is 11.8 Å². The van der Waals surface area contributed by atoms with Crippen molar-refractivity contribution in [3.8, 4) is 0 Å². The molecule has 0 spiro atoms. The molecule has 2 amide bonds. The number of rotatable bonds is 7. The molecule has 1 N–H and O–H groups in total. The van der Waals surface area contributed by atoms with E-state index in [2.05, 4.69) is 5.32 Å². The average Bonchev–Trinajstić information content (AvgIpc) is 2.59. The minimum absolute atomic E-state index is 0.0628. The molecular weight excluding hydrogens is 344 g/mol. The van der Waals surface area contributed by atoms with Crippen molar-refractivity contribution in [1.82, 2.24) is 10.2 Å². The molecule has 2 rings (SSSR count). The van der Waals surface area contributed by atoms with E-state index >= 15 is 0 Å². The molecule has 1 aliphatic rings. The largest absolute Gasteiger partial charge is 0.356 e.